The normalized spacial score (nSPS) is 19.6. The van der Waals surface area contributed by atoms with Gasteiger partial charge in [-0.25, -0.2) is 12.8 Å². The zero-order chi connectivity index (χ0) is 16.4. The van der Waals surface area contributed by atoms with Gasteiger partial charge >= 0.3 is 0 Å². The number of amides is 1. The first-order valence-corrected chi connectivity index (χ1v) is 9.07. The number of rotatable bonds is 4. The van der Waals surface area contributed by atoms with E-state index in [0.29, 0.717) is 5.76 Å². The van der Waals surface area contributed by atoms with E-state index in [1.54, 1.807) is 18.2 Å². The molecule has 23 heavy (non-hydrogen) atoms. The van der Waals surface area contributed by atoms with Gasteiger partial charge < -0.3 is 9.32 Å². The molecule has 1 fully saturated rings. The number of nitrogens with zero attached hydrogens (tertiary/aromatic N) is 1. The summed E-state index contributed by atoms with van der Waals surface area (Å²) < 4.78 is 42.6. The molecule has 2 aromatic rings. The summed E-state index contributed by atoms with van der Waals surface area (Å²) in [7, 11) is -3.19. The first-order chi connectivity index (χ1) is 11.0. The summed E-state index contributed by atoms with van der Waals surface area (Å²) in [4.78, 5) is 14.0. The Labute approximate surface area is 133 Å². The highest BCUT2D eigenvalue weighted by Crippen LogP contribution is 2.27. The Morgan fingerprint density at radius 3 is 2.65 bits per heavy atom. The van der Waals surface area contributed by atoms with Gasteiger partial charge in [-0.05, 0) is 30.7 Å². The fourth-order valence-electron chi connectivity index (χ4n) is 2.72. The lowest BCUT2D eigenvalue weighted by molar-refractivity contribution is -0.121. The van der Waals surface area contributed by atoms with Gasteiger partial charge in [-0.2, -0.15) is 0 Å². The van der Waals surface area contributed by atoms with Gasteiger partial charge in [-0.15, -0.1) is 0 Å². The van der Waals surface area contributed by atoms with Gasteiger partial charge in [-0.3, -0.25) is 4.79 Å². The molecule has 0 saturated carbocycles. The van der Waals surface area contributed by atoms with Crippen LogP contribution in [0.5, 0.6) is 0 Å². The minimum Gasteiger partial charge on any atom is -0.467 e. The maximum Gasteiger partial charge on any atom is 0.231 e. The predicted molar refractivity (Wildman–Crippen MR) is 83.1 cm³/mol. The molecule has 1 aliphatic rings. The van der Waals surface area contributed by atoms with Crippen LogP contribution in [0.4, 0.5) is 10.1 Å². The summed E-state index contributed by atoms with van der Waals surface area (Å²) in [5.41, 5.74) is 0.123. The standard InChI is InChI=1S/C16H16FNO4S/c17-14-5-1-2-6-15(14)18(10-13-4-3-8-22-13)16(19)12-7-9-23(20,21)11-12/h1-6,8,12H,7,9-11H2/t12-/m1/s1. The second-order valence-corrected chi connectivity index (χ2v) is 7.78. The fraction of sp³-hybridized carbons (Fsp3) is 0.312. The second-order valence-electron chi connectivity index (χ2n) is 5.56. The molecule has 0 unspecified atom stereocenters. The molecule has 7 heteroatoms. The van der Waals surface area contributed by atoms with Gasteiger partial charge in [0.2, 0.25) is 5.91 Å². The highest BCUT2D eigenvalue weighted by molar-refractivity contribution is 7.91. The predicted octanol–water partition coefficient (Wildman–Crippen LogP) is 2.39. The molecule has 122 valence electrons. The van der Waals surface area contributed by atoms with E-state index in [1.165, 1.54) is 29.4 Å². The van der Waals surface area contributed by atoms with Crippen LogP contribution >= 0.6 is 0 Å². The zero-order valence-electron chi connectivity index (χ0n) is 12.3. The third kappa shape index (κ3) is 3.44. The van der Waals surface area contributed by atoms with Crippen molar-refractivity contribution in [2.75, 3.05) is 16.4 Å². The molecular weight excluding hydrogens is 321 g/mol. The highest BCUT2D eigenvalue weighted by Gasteiger charge is 2.36. The Kier molecular flexibility index (Phi) is 4.21. The van der Waals surface area contributed by atoms with Crippen molar-refractivity contribution in [2.24, 2.45) is 5.92 Å². The van der Waals surface area contributed by atoms with Crippen LogP contribution < -0.4 is 4.90 Å². The first kappa shape index (κ1) is 15.7. The van der Waals surface area contributed by atoms with E-state index in [2.05, 4.69) is 0 Å². The van der Waals surface area contributed by atoms with E-state index in [1.807, 2.05) is 0 Å². The van der Waals surface area contributed by atoms with Gasteiger partial charge in [0.25, 0.3) is 0 Å². The van der Waals surface area contributed by atoms with Crippen LogP contribution in [-0.4, -0.2) is 25.8 Å². The Morgan fingerprint density at radius 1 is 1.26 bits per heavy atom. The van der Waals surface area contributed by atoms with Crippen LogP contribution in [-0.2, 0) is 21.2 Å². The topological polar surface area (TPSA) is 67.6 Å². The largest absolute Gasteiger partial charge is 0.467 e. The summed E-state index contributed by atoms with van der Waals surface area (Å²) in [5.74, 6) is -1.26. The van der Waals surface area contributed by atoms with E-state index >= 15 is 0 Å². The van der Waals surface area contributed by atoms with Crippen LogP contribution in [0.3, 0.4) is 0 Å². The molecule has 1 aromatic heterocycles. The molecule has 0 aliphatic carbocycles. The lowest BCUT2D eigenvalue weighted by atomic mass is 10.1. The number of halogens is 1. The summed E-state index contributed by atoms with van der Waals surface area (Å²) in [6, 6.07) is 9.30. The molecule has 0 N–H and O–H groups in total. The average molecular weight is 337 g/mol. The maximum atomic E-state index is 14.1. The lowest BCUT2D eigenvalue weighted by Gasteiger charge is -2.25. The van der Waals surface area contributed by atoms with Gasteiger partial charge in [-0.1, -0.05) is 12.1 Å². The van der Waals surface area contributed by atoms with Crippen molar-refractivity contribution in [3.8, 4) is 0 Å². The minimum atomic E-state index is -3.19. The van der Waals surface area contributed by atoms with Crippen LogP contribution in [0.15, 0.2) is 47.1 Å². The van der Waals surface area contributed by atoms with Crippen molar-refractivity contribution < 1.29 is 22.0 Å². The smallest absolute Gasteiger partial charge is 0.231 e. The molecule has 1 aromatic carbocycles. The second kappa shape index (κ2) is 6.16. The summed E-state index contributed by atoms with van der Waals surface area (Å²) in [5, 5.41) is 0. The lowest BCUT2D eigenvalue weighted by Crippen LogP contribution is -2.36. The number of anilines is 1. The van der Waals surface area contributed by atoms with E-state index in [4.69, 9.17) is 4.42 Å². The minimum absolute atomic E-state index is 0.00469. The fourth-order valence-corrected chi connectivity index (χ4v) is 4.45. The number of furan rings is 1. The Hall–Kier alpha value is -2.15. The van der Waals surface area contributed by atoms with Crippen molar-refractivity contribution in [1.29, 1.82) is 0 Å². The molecule has 2 heterocycles. The highest BCUT2D eigenvalue weighted by atomic mass is 32.2. The number of hydrogen-bond acceptors (Lipinski definition) is 4. The van der Waals surface area contributed by atoms with Crippen molar-refractivity contribution in [3.63, 3.8) is 0 Å². The maximum absolute atomic E-state index is 14.1. The number of benzene rings is 1. The Morgan fingerprint density at radius 2 is 2.04 bits per heavy atom. The number of hydrogen-bond donors (Lipinski definition) is 0. The van der Waals surface area contributed by atoms with Crippen molar-refractivity contribution >= 4 is 21.4 Å². The van der Waals surface area contributed by atoms with E-state index in [-0.39, 0.29) is 30.2 Å². The van der Waals surface area contributed by atoms with Gasteiger partial charge in [0.05, 0.1) is 35.9 Å². The van der Waals surface area contributed by atoms with Crippen LogP contribution in [0.1, 0.15) is 12.2 Å². The van der Waals surface area contributed by atoms with Gasteiger partial charge in [0.15, 0.2) is 9.84 Å². The molecule has 0 bridgehead atoms. The van der Waals surface area contributed by atoms with Crippen molar-refractivity contribution in [1.82, 2.24) is 0 Å². The number of carbonyl (C=O) groups excluding carboxylic acids is 1. The third-order valence-electron chi connectivity index (χ3n) is 3.89. The third-order valence-corrected chi connectivity index (χ3v) is 5.65. The molecule has 3 rings (SSSR count). The van der Waals surface area contributed by atoms with Crippen LogP contribution in [0, 0.1) is 11.7 Å². The number of para-hydroxylation sites is 1. The van der Waals surface area contributed by atoms with E-state index < -0.39 is 27.5 Å². The monoisotopic (exact) mass is 337 g/mol. The Balaban J connectivity index is 1.92. The molecule has 1 amide bonds. The first-order valence-electron chi connectivity index (χ1n) is 7.25. The van der Waals surface area contributed by atoms with Crippen molar-refractivity contribution in [2.45, 2.75) is 13.0 Å². The van der Waals surface area contributed by atoms with E-state index in [9.17, 15) is 17.6 Å². The molecule has 1 atom stereocenters. The van der Waals surface area contributed by atoms with Crippen LogP contribution in [0.2, 0.25) is 0 Å². The molecule has 0 radical (unpaired) electrons. The van der Waals surface area contributed by atoms with Gasteiger partial charge in [0.1, 0.15) is 11.6 Å². The van der Waals surface area contributed by atoms with Crippen LogP contribution in [0.25, 0.3) is 0 Å². The van der Waals surface area contributed by atoms with Gasteiger partial charge in [0, 0.05) is 0 Å². The quantitative estimate of drug-likeness (QED) is 0.859. The zero-order valence-corrected chi connectivity index (χ0v) is 13.1. The number of sulfone groups is 1. The SMILES string of the molecule is O=C([C@@H]1CCS(=O)(=O)C1)N(Cc1ccco1)c1ccccc1F. The number of carbonyl (C=O) groups is 1. The van der Waals surface area contributed by atoms with Crippen molar-refractivity contribution in [3.05, 3.63) is 54.2 Å². The summed E-state index contributed by atoms with van der Waals surface area (Å²) in [6.45, 7) is 0.0588. The molecular formula is C16H16FNO4S. The average Bonchev–Trinajstić information content (AvgIpc) is 3.14. The molecule has 0 spiro atoms. The molecule has 5 nitrogen and oxygen atoms in total. The molecule has 1 saturated heterocycles. The summed E-state index contributed by atoms with van der Waals surface area (Å²) in [6.07, 6.45) is 1.74. The Bertz CT molecular complexity index is 801. The van der Waals surface area contributed by atoms with E-state index in [0.717, 1.165) is 0 Å². The summed E-state index contributed by atoms with van der Waals surface area (Å²) >= 11 is 0. The molecule has 1 aliphatic heterocycles.